The molecule has 0 saturated heterocycles. The van der Waals surface area contributed by atoms with E-state index >= 15 is 0 Å². The number of halogens is 1. The van der Waals surface area contributed by atoms with E-state index in [1.807, 2.05) is 44.2 Å². The van der Waals surface area contributed by atoms with E-state index in [1.54, 1.807) is 24.3 Å². The molecule has 0 bridgehead atoms. The number of hydrogen-bond donors (Lipinski definition) is 1. The quantitative estimate of drug-likeness (QED) is 0.453. The first-order chi connectivity index (χ1) is 13.0. The van der Waals surface area contributed by atoms with Gasteiger partial charge in [0.25, 0.3) is 5.91 Å². The second-order valence-electron chi connectivity index (χ2n) is 6.00. The standard InChI is InChI=1S/C20H25BrNO4P/c1-3-14-25-27(24,26-15-4-2)20(17-8-6-5-7-9-17)22-19(23)16-10-12-18(21)13-11-16/h5-13,20H,3-4,14-15H2,1-2H3,(H,22,23)/t20-/m0/s1. The molecular weight excluding hydrogens is 429 g/mol. The van der Waals surface area contributed by atoms with Crippen molar-refractivity contribution >= 4 is 29.4 Å². The maximum absolute atomic E-state index is 13.6. The van der Waals surface area contributed by atoms with Gasteiger partial charge in [0, 0.05) is 10.0 Å². The monoisotopic (exact) mass is 453 g/mol. The largest absolute Gasteiger partial charge is 0.357 e. The molecule has 2 aromatic rings. The van der Waals surface area contributed by atoms with Crippen molar-refractivity contribution in [3.63, 3.8) is 0 Å². The second kappa shape index (κ2) is 10.8. The van der Waals surface area contributed by atoms with Gasteiger partial charge in [-0.1, -0.05) is 60.1 Å². The van der Waals surface area contributed by atoms with E-state index in [1.165, 1.54) is 0 Å². The van der Waals surface area contributed by atoms with Gasteiger partial charge >= 0.3 is 7.60 Å². The van der Waals surface area contributed by atoms with Gasteiger partial charge in [0.1, 0.15) is 0 Å². The molecule has 0 aliphatic rings. The fourth-order valence-electron chi connectivity index (χ4n) is 2.41. The number of benzene rings is 2. The summed E-state index contributed by atoms with van der Waals surface area (Å²) in [6, 6.07) is 16.1. The third kappa shape index (κ3) is 6.28. The van der Waals surface area contributed by atoms with Crippen molar-refractivity contribution in [2.45, 2.75) is 32.5 Å². The van der Waals surface area contributed by atoms with Crippen LogP contribution in [0, 0.1) is 0 Å². The highest BCUT2D eigenvalue weighted by atomic mass is 79.9. The lowest BCUT2D eigenvalue weighted by Gasteiger charge is -2.28. The molecular formula is C20H25BrNO4P. The third-order valence-corrected chi connectivity index (χ3v) is 6.43. The summed E-state index contributed by atoms with van der Waals surface area (Å²) < 4.78 is 25.8. The van der Waals surface area contributed by atoms with Crippen LogP contribution in [0.2, 0.25) is 0 Å². The van der Waals surface area contributed by atoms with Crippen molar-refractivity contribution in [1.29, 1.82) is 0 Å². The average molecular weight is 454 g/mol. The van der Waals surface area contributed by atoms with Gasteiger partial charge in [0.15, 0.2) is 5.78 Å². The Morgan fingerprint density at radius 1 is 1.00 bits per heavy atom. The van der Waals surface area contributed by atoms with Crippen LogP contribution in [0.15, 0.2) is 59.1 Å². The summed E-state index contributed by atoms with van der Waals surface area (Å²) in [7, 11) is -3.61. The average Bonchev–Trinajstić information content (AvgIpc) is 2.70. The van der Waals surface area contributed by atoms with Crippen LogP contribution in [0.25, 0.3) is 0 Å². The lowest BCUT2D eigenvalue weighted by atomic mass is 10.2. The summed E-state index contributed by atoms with van der Waals surface area (Å²) in [5.41, 5.74) is 1.15. The van der Waals surface area contributed by atoms with Crippen molar-refractivity contribution in [1.82, 2.24) is 5.32 Å². The molecule has 0 heterocycles. The van der Waals surface area contributed by atoms with Crippen LogP contribution in [0.3, 0.4) is 0 Å². The van der Waals surface area contributed by atoms with Crippen molar-refractivity contribution in [2.75, 3.05) is 13.2 Å². The zero-order chi connectivity index (χ0) is 19.7. The molecule has 0 radical (unpaired) electrons. The van der Waals surface area contributed by atoms with Gasteiger partial charge in [-0.25, -0.2) is 0 Å². The molecule has 1 N–H and O–H groups in total. The van der Waals surface area contributed by atoms with E-state index < -0.39 is 13.4 Å². The summed E-state index contributed by atoms with van der Waals surface area (Å²) >= 11 is 3.35. The van der Waals surface area contributed by atoms with E-state index in [0.717, 1.165) is 4.47 Å². The zero-order valence-electron chi connectivity index (χ0n) is 15.6. The minimum atomic E-state index is -3.61. The number of carbonyl (C=O) groups is 1. The van der Waals surface area contributed by atoms with Crippen LogP contribution in [0.4, 0.5) is 0 Å². The van der Waals surface area contributed by atoms with Crippen LogP contribution in [0.1, 0.15) is 48.4 Å². The Morgan fingerprint density at radius 2 is 1.56 bits per heavy atom. The summed E-state index contributed by atoms with van der Waals surface area (Å²) in [5.74, 6) is -1.22. The van der Waals surface area contributed by atoms with E-state index in [4.69, 9.17) is 9.05 Å². The first kappa shape index (κ1) is 21.8. The minimum Gasteiger partial charge on any atom is -0.334 e. The lowest BCUT2D eigenvalue weighted by molar-refractivity contribution is 0.0936. The molecule has 0 saturated carbocycles. The number of nitrogens with one attached hydrogen (secondary N) is 1. The molecule has 7 heteroatoms. The minimum absolute atomic E-state index is 0.290. The van der Waals surface area contributed by atoms with Crippen LogP contribution >= 0.6 is 23.5 Å². The molecule has 0 fully saturated rings. The van der Waals surface area contributed by atoms with Gasteiger partial charge in [-0.2, -0.15) is 0 Å². The van der Waals surface area contributed by atoms with E-state index in [0.29, 0.717) is 37.2 Å². The van der Waals surface area contributed by atoms with Crippen LogP contribution < -0.4 is 5.32 Å². The Hall–Kier alpha value is -1.46. The topological polar surface area (TPSA) is 64.6 Å². The molecule has 2 rings (SSSR count). The highest BCUT2D eigenvalue weighted by molar-refractivity contribution is 9.10. The zero-order valence-corrected chi connectivity index (χ0v) is 18.0. The maximum atomic E-state index is 13.6. The highest BCUT2D eigenvalue weighted by Gasteiger charge is 2.38. The van der Waals surface area contributed by atoms with Crippen LogP contribution in [-0.4, -0.2) is 19.1 Å². The fourth-order valence-corrected chi connectivity index (χ4v) is 4.74. The smallest absolute Gasteiger partial charge is 0.334 e. The van der Waals surface area contributed by atoms with E-state index in [9.17, 15) is 9.36 Å². The van der Waals surface area contributed by atoms with Crippen LogP contribution in [-0.2, 0) is 13.6 Å². The first-order valence-corrected chi connectivity index (χ1v) is 11.4. The van der Waals surface area contributed by atoms with Gasteiger partial charge in [0.2, 0.25) is 0 Å². The Morgan fingerprint density at radius 3 is 2.07 bits per heavy atom. The number of amides is 1. The third-order valence-electron chi connectivity index (χ3n) is 3.76. The molecule has 0 spiro atoms. The van der Waals surface area contributed by atoms with Gasteiger partial charge < -0.3 is 14.4 Å². The van der Waals surface area contributed by atoms with Crippen molar-refractivity contribution in [2.24, 2.45) is 0 Å². The molecule has 1 atom stereocenters. The highest BCUT2D eigenvalue weighted by Crippen LogP contribution is 2.59. The summed E-state index contributed by atoms with van der Waals surface area (Å²) in [4.78, 5) is 12.8. The molecule has 0 aliphatic carbocycles. The Balaban J connectivity index is 2.35. The van der Waals surface area contributed by atoms with E-state index in [2.05, 4.69) is 21.2 Å². The lowest BCUT2D eigenvalue weighted by Crippen LogP contribution is -2.30. The van der Waals surface area contributed by atoms with Crippen molar-refractivity contribution in [3.05, 3.63) is 70.2 Å². The number of carbonyl (C=O) groups excluding carboxylic acids is 1. The summed E-state index contributed by atoms with van der Waals surface area (Å²) in [5, 5.41) is 2.86. The molecule has 0 aromatic heterocycles. The van der Waals surface area contributed by atoms with Crippen molar-refractivity contribution < 1.29 is 18.4 Å². The molecule has 146 valence electrons. The Bertz CT molecular complexity index is 755. The molecule has 0 unspecified atom stereocenters. The number of hydrogen-bond acceptors (Lipinski definition) is 4. The Labute approximate surface area is 169 Å². The number of rotatable bonds is 10. The maximum Gasteiger partial charge on any atom is 0.357 e. The first-order valence-electron chi connectivity index (χ1n) is 9.00. The Kier molecular flexibility index (Phi) is 8.71. The fraction of sp³-hybridized carbons (Fsp3) is 0.350. The van der Waals surface area contributed by atoms with Gasteiger partial charge in [-0.3, -0.25) is 9.36 Å². The molecule has 1 amide bonds. The van der Waals surface area contributed by atoms with Gasteiger partial charge in [-0.15, -0.1) is 0 Å². The predicted octanol–water partition coefficient (Wildman–Crippen LogP) is 5.92. The van der Waals surface area contributed by atoms with Gasteiger partial charge in [0.05, 0.1) is 13.2 Å². The van der Waals surface area contributed by atoms with Crippen molar-refractivity contribution in [3.8, 4) is 0 Å². The predicted molar refractivity (Wildman–Crippen MR) is 111 cm³/mol. The molecule has 0 aliphatic heterocycles. The second-order valence-corrected chi connectivity index (χ2v) is 9.03. The van der Waals surface area contributed by atoms with Gasteiger partial charge in [-0.05, 0) is 42.7 Å². The molecule has 5 nitrogen and oxygen atoms in total. The summed E-state index contributed by atoms with van der Waals surface area (Å²) in [6.45, 7) is 4.45. The summed E-state index contributed by atoms with van der Waals surface area (Å²) in [6.07, 6.45) is 1.39. The van der Waals surface area contributed by atoms with E-state index in [-0.39, 0.29) is 5.91 Å². The normalized spacial score (nSPS) is 12.6. The van der Waals surface area contributed by atoms with Crippen LogP contribution in [0.5, 0.6) is 0 Å². The SMILES string of the molecule is CCCOP(=O)(OCCC)[C@H](NC(=O)c1ccc(Br)cc1)c1ccccc1. The molecule has 27 heavy (non-hydrogen) atoms. The molecule has 2 aromatic carbocycles.